The average Bonchev–Trinajstić information content (AvgIpc) is 1.76. The summed E-state index contributed by atoms with van der Waals surface area (Å²) in [7, 11) is 0. The van der Waals surface area contributed by atoms with E-state index >= 15 is 0 Å². The minimum absolute atomic E-state index is 0. The Labute approximate surface area is 36.1 Å². The molecule has 0 aliphatic heterocycles. The molecule has 0 aliphatic rings. The van der Waals surface area contributed by atoms with Gasteiger partial charge in [0, 0.05) is 17.9 Å². The fourth-order valence-electron chi connectivity index (χ4n) is 0.278. The number of rotatable bonds is 0. The number of aromatic nitrogens is 1. The van der Waals surface area contributed by atoms with Gasteiger partial charge in [0.1, 0.15) is 0 Å². The van der Waals surface area contributed by atoms with E-state index in [1.54, 1.807) is 0 Å². The maximum atomic E-state index is 2.86. The topological polar surface area (TPSA) is 44.3 Å². The van der Waals surface area contributed by atoms with Gasteiger partial charge in [-0.05, 0) is 12.1 Å². The molecule has 2 nitrogen and oxygen atoms in total. The number of nitrogens with one attached hydrogen (secondary N) is 1. The second-order valence-corrected chi connectivity index (χ2v) is 0.885. The van der Waals surface area contributed by atoms with Gasteiger partial charge >= 0.3 is 0 Å². The lowest BCUT2D eigenvalue weighted by atomic mass is 10.7. The molecule has 0 fully saturated rings. The van der Waals surface area contributed by atoms with Crippen LogP contribution < -0.4 is 0 Å². The summed E-state index contributed by atoms with van der Waals surface area (Å²) in [5, 5.41) is 0. The van der Waals surface area contributed by atoms with Gasteiger partial charge in [0.2, 0.25) is 0 Å². The van der Waals surface area contributed by atoms with Crippen LogP contribution in [-0.2, 0) is 5.48 Å². The standard InChI is InChI=1S/C4H5N.O/c1-2-4-5-3-1;/h1-5H;. The molecule has 0 spiro atoms. The van der Waals surface area contributed by atoms with Crippen LogP contribution in [-0.4, -0.2) is 4.98 Å². The molecule has 6 heavy (non-hydrogen) atoms. The molecule has 0 aromatic carbocycles. The predicted octanol–water partition coefficient (Wildman–Crippen LogP) is 0.896. The van der Waals surface area contributed by atoms with Crippen LogP contribution in [0, 0.1) is 0 Å². The molecule has 0 aliphatic carbocycles. The second kappa shape index (κ2) is 2.48. The summed E-state index contributed by atoms with van der Waals surface area (Å²) in [6, 6.07) is 3.89. The highest BCUT2D eigenvalue weighted by molar-refractivity contribution is 4.84. The second-order valence-electron chi connectivity index (χ2n) is 0.885. The summed E-state index contributed by atoms with van der Waals surface area (Å²) in [6.07, 6.45) is 3.75. The highest BCUT2D eigenvalue weighted by atomic mass is 16.0. The van der Waals surface area contributed by atoms with Crippen molar-refractivity contribution < 1.29 is 5.48 Å². The third-order valence-electron chi connectivity index (χ3n) is 0.496. The summed E-state index contributed by atoms with van der Waals surface area (Å²) in [4.78, 5) is 2.86. The van der Waals surface area contributed by atoms with Crippen LogP contribution in [0.3, 0.4) is 0 Å². The van der Waals surface area contributed by atoms with E-state index in [1.165, 1.54) is 0 Å². The quantitative estimate of drug-likeness (QED) is 0.484. The van der Waals surface area contributed by atoms with Gasteiger partial charge in [-0.1, -0.05) is 0 Å². The molecule has 2 heteroatoms. The summed E-state index contributed by atoms with van der Waals surface area (Å²) >= 11 is 0. The molecule has 0 saturated heterocycles. The molecule has 1 aromatic heterocycles. The van der Waals surface area contributed by atoms with Crippen molar-refractivity contribution in [2.24, 2.45) is 0 Å². The van der Waals surface area contributed by atoms with E-state index in [1.807, 2.05) is 24.5 Å². The molecular formula is C4H5NO. The van der Waals surface area contributed by atoms with E-state index in [4.69, 9.17) is 0 Å². The Hall–Kier alpha value is -0.760. The van der Waals surface area contributed by atoms with Crippen molar-refractivity contribution in [2.75, 3.05) is 0 Å². The van der Waals surface area contributed by atoms with Crippen molar-refractivity contribution in [1.29, 1.82) is 0 Å². The first-order valence-electron chi connectivity index (χ1n) is 1.58. The fourth-order valence-corrected chi connectivity index (χ4v) is 0.278. The van der Waals surface area contributed by atoms with Crippen LogP contribution in [0.1, 0.15) is 0 Å². The summed E-state index contributed by atoms with van der Waals surface area (Å²) in [5.41, 5.74) is 0. The maximum Gasteiger partial charge on any atom is 0.000496 e. The molecule has 2 radical (unpaired) electrons. The molecule has 1 rings (SSSR count). The highest BCUT2D eigenvalue weighted by Gasteiger charge is 1.55. The van der Waals surface area contributed by atoms with Crippen molar-refractivity contribution in [2.45, 2.75) is 0 Å². The maximum absolute atomic E-state index is 2.86. The molecular weight excluding hydrogens is 78.0 g/mol. The first-order valence-corrected chi connectivity index (χ1v) is 1.58. The minimum Gasteiger partial charge on any atom is -0.368 e. The number of hydrogen-bond acceptors (Lipinski definition) is 0. The van der Waals surface area contributed by atoms with Gasteiger partial charge in [-0.3, -0.25) is 0 Å². The number of hydrogen-bond donors (Lipinski definition) is 1. The molecule has 0 saturated carbocycles. The van der Waals surface area contributed by atoms with Crippen LogP contribution in [0.5, 0.6) is 0 Å². The van der Waals surface area contributed by atoms with Crippen LogP contribution in [0.15, 0.2) is 24.5 Å². The Balaban J connectivity index is 0.000000250. The summed E-state index contributed by atoms with van der Waals surface area (Å²) < 4.78 is 0. The first-order chi connectivity index (χ1) is 2.50. The number of H-pyrrole nitrogens is 1. The van der Waals surface area contributed by atoms with Gasteiger partial charge in [-0.2, -0.15) is 0 Å². The van der Waals surface area contributed by atoms with Gasteiger partial charge in [-0.15, -0.1) is 0 Å². The van der Waals surface area contributed by atoms with Gasteiger partial charge in [0.05, 0.1) is 0 Å². The molecule has 1 N–H and O–H groups in total. The monoisotopic (exact) mass is 83.0 g/mol. The van der Waals surface area contributed by atoms with Gasteiger partial charge < -0.3 is 4.98 Å². The predicted molar refractivity (Wildman–Crippen MR) is 21.5 cm³/mol. The Bertz CT molecular complexity index is 64.0. The smallest absolute Gasteiger partial charge is 0.000496 e. The lowest BCUT2D eigenvalue weighted by Crippen LogP contribution is -1.38. The van der Waals surface area contributed by atoms with E-state index in [0.29, 0.717) is 0 Å². The van der Waals surface area contributed by atoms with Gasteiger partial charge in [0.25, 0.3) is 0 Å². The lowest BCUT2D eigenvalue weighted by molar-refractivity contribution is 0.686. The summed E-state index contributed by atoms with van der Waals surface area (Å²) in [6.45, 7) is 0. The van der Waals surface area contributed by atoms with Crippen LogP contribution in [0.2, 0.25) is 0 Å². The van der Waals surface area contributed by atoms with E-state index in [2.05, 4.69) is 4.98 Å². The van der Waals surface area contributed by atoms with E-state index in [0.717, 1.165) is 0 Å². The molecule has 32 valence electrons. The molecule has 1 aromatic rings. The Morgan fingerprint density at radius 3 is 1.67 bits per heavy atom. The van der Waals surface area contributed by atoms with Gasteiger partial charge in [-0.25, -0.2) is 0 Å². The fraction of sp³-hybridized carbons (Fsp3) is 0. The number of aromatic amines is 1. The molecule has 1 heterocycles. The van der Waals surface area contributed by atoms with Crippen LogP contribution >= 0.6 is 0 Å². The Morgan fingerprint density at radius 1 is 1.00 bits per heavy atom. The molecule has 0 bridgehead atoms. The first kappa shape index (κ1) is 5.24. The average molecular weight is 83.1 g/mol. The molecule has 0 atom stereocenters. The SMILES string of the molecule is [O].c1cc[nH]c1. The van der Waals surface area contributed by atoms with E-state index < -0.39 is 0 Å². The highest BCUT2D eigenvalue weighted by Crippen LogP contribution is 1.72. The normalized spacial score (nSPS) is 6.67. The Morgan fingerprint density at radius 2 is 1.50 bits per heavy atom. The van der Waals surface area contributed by atoms with Crippen molar-refractivity contribution in [1.82, 2.24) is 4.98 Å². The van der Waals surface area contributed by atoms with Crippen molar-refractivity contribution >= 4 is 0 Å². The Kier molecular flexibility index (Phi) is 2.16. The van der Waals surface area contributed by atoms with Crippen molar-refractivity contribution in [3.63, 3.8) is 0 Å². The third kappa shape index (κ3) is 0.904. The van der Waals surface area contributed by atoms with Gasteiger partial charge in [0.15, 0.2) is 0 Å². The largest absolute Gasteiger partial charge is 0.368 e. The third-order valence-corrected chi connectivity index (χ3v) is 0.496. The van der Waals surface area contributed by atoms with E-state index in [-0.39, 0.29) is 5.48 Å². The summed E-state index contributed by atoms with van der Waals surface area (Å²) in [5.74, 6) is 0. The lowest BCUT2D eigenvalue weighted by Gasteiger charge is -1.49. The minimum atomic E-state index is 0. The van der Waals surface area contributed by atoms with Crippen LogP contribution in [0.4, 0.5) is 0 Å². The molecule has 0 unspecified atom stereocenters. The molecule has 0 amide bonds. The van der Waals surface area contributed by atoms with Crippen LogP contribution in [0.25, 0.3) is 0 Å². The zero-order valence-electron chi connectivity index (χ0n) is 3.22. The zero-order chi connectivity index (χ0) is 3.54. The van der Waals surface area contributed by atoms with Crippen molar-refractivity contribution in [3.8, 4) is 0 Å². The van der Waals surface area contributed by atoms with Crippen molar-refractivity contribution in [3.05, 3.63) is 24.5 Å². The van der Waals surface area contributed by atoms with E-state index in [9.17, 15) is 0 Å². The zero-order valence-corrected chi connectivity index (χ0v) is 3.22.